The van der Waals surface area contributed by atoms with Gasteiger partial charge in [0, 0.05) is 33.6 Å². The highest BCUT2D eigenvalue weighted by atomic mass is 35.5. The molecule has 0 saturated heterocycles. The fourth-order valence-electron chi connectivity index (χ4n) is 3.83. The van der Waals surface area contributed by atoms with Gasteiger partial charge in [0.25, 0.3) is 5.56 Å². The van der Waals surface area contributed by atoms with Gasteiger partial charge < -0.3 is 5.73 Å². The first kappa shape index (κ1) is 23.2. The molecule has 2 N–H and O–H groups in total. The monoisotopic (exact) mass is 481 g/mol. The molecule has 33 heavy (non-hydrogen) atoms. The molecule has 168 valence electrons. The molecule has 1 atom stereocenters. The summed E-state index contributed by atoms with van der Waals surface area (Å²) >= 11 is 12.7. The molecule has 0 aliphatic rings. The van der Waals surface area contributed by atoms with Crippen molar-refractivity contribution in [2.45, 2.75) is 25.9 Å². The Hall–Kier alpha value is -2.99. The molecule has 4 rings (SSSR count). The van der Waals surface area contributed by atoms with Gasteiger partial charge in [0.05, 0.1) is 17.8 Å². The van der Waals surface area contributed by atoms with Crippen LogP contribution in [-0.2, 0) is 13.0 Å². The molecule has 7 heteroatoms. The average molecular weight is 482 g/mol. The van der Waals surface area contributed by atoms with Crippen molar-refractivity contribution in [3.8, 4) is 11.1 Å². The molecule has 4 nitrogen and oxygen atoms in total. The number of halogens is 3. The van der Waals surface area contributed by atoms with E-state index in [1.54, 1.807) is 37.3 Å². The third kappa shape index (κ3) is 4.86. The molecule has 0 fully saturated rings. The highest BCUT2D eigenvalue weighted by molar-refractivity contribution is 6.33. The first-order valence-corrected chi connectivity index (χ1v) is 11.2. The minimum absolute atomic E-state index is 0.121. The number of benzene rings is 3. The highest BCUT2D eigenvalue weighted by Gasteiger charge is 2.21. The van der Waals surface area contributed by atoms with Gasteiger partial charge in [-0.3, -0.25) is 4.79 Å². The Balaban J connectivity index is 1.87. The zero-order valence-corrected chi connectivity index (χ0v) is 19.4. The Bertz CT molecular complexity index is 1340. The Morgan fingerprint density at radius 1 is 0.970 bits per heavy atom. The highest BCUT2D eigenvalue weighted by Crippen LogP contribution is 2.30. The van der Waals surface area contributed by atoms with E-state index < -0.39 is 11.9 Å². The van der Waals surface area contributed by atoms with Gasteiger partial charge in [-0.15, -0.1) is 0 Å². The molecule has 1 aromatic heterocycles. The second-order valence-corrected chi connectivity index (χ2v) is 8.62. The van der Waals surface area contributed by atoms with Gasteiger partial charge in [0.2, 0.25) is 0 Å². The molecule has 0 radical (unpaired) electrons. The summed E-state index contributed by atoms with van der Waals surface area (Å²) in [5, 5.41) is 5.33. The van der Waals surface area contributed by atoms with E-state index in [2.05, 4.69) is 5.10 Å². The SMILES string of the molecule is Cc1c(Cc2c(F)cccc2Cl)nn(CC(N)c2ccccc2)c(=O)c1-c1ccccc1Cl. The molecule has 1 heterocycles. The van der Waals surface area contributed by atoms with Crippen LogP contribution in [0, 0.1) is 12.7 Å². The fourth-order valence-corrected chi connectivity index (χ4v) is 4.29. The topological polar surface area (TPSA) is 60.9 Å². The molecule has 0 spiro atoms. The van der Waals surface area contributed by atoms with Gasteiger partial charge in [-0.2, -0.15) is 5.10 Å². The lowest BCUT2D eigenvalue weighted by Crippen LogP contribution is -2.32. The number of nitrogens with zero attached hydrogens (tertiary/aromatic N) is 2. The van der Waals surface area contributed by atoms with Crippen molar-refractivity contribution in [3.63, 3.8) is 0 Å². The van der Waals surface area contributed by atoms with Crippen molar-refractivity contribution in [1.29, 1.82) is 0 Å². The standard InChI is InChI=1S/C26H22Cl2FN3O/c1-16-24(14-19-21(28)12-7-13-22(19)29)31-32(15-23(30)17-8-3-2-4-9-17)26(33)25(16)18-10-5-6-11-20(18)27/h2-13,23H,14-15,30H2,1H3. The number of rotatable bonds is 6. The smallest absolute Gasteiger partial charge is 0.275 e. The molecule has 0 aliphatic heterocycles. The Kier molecular flexibility index (Phi) is 6.94. The summed E-state index contributed by atoms with van der Waals surface area (Å²) in [7, 11) is 0. The van der Waals surface area contributed by atoms with E-state index in [9.17, 15) is 9.18 Å². The lowest BCUT2D eigenvalue weighted by atomic mass is 9.97. The van der Waals surface area contributed by atoms with Crippen molar-refractivity contribution >= 4 is 23.2 Å². The van der Waals surface area contributed by atoms with Gasteiger partial charge in [-0.25, -0.2) is 9.07 Å². The van der Waals surface area contributed by atoms with Crippen LogP contribution >= 0.6 is 23.2 Å². The lowest BCUT2D eigenvalue weighted by molar-refractivity contribution is 0.496. The molecule has 3 aromatic carbocycles. The average Bonchev–Trinajstić information content (AvgIpc) is 2.81. The number of nitrogens with two attached hydrogens (primary N) is 1. The van der Waals surface area contributed by atoms with E-state index in [0.717, 1.165) is 5.56 Å². The largest absolute Gasteiger partial charge is 0.322 e. The van der Waals surface area contributed by atoms with Crippen molar-refractivity contribution in [1.82, 2.24) is 9.78 Å². The van der Waals surface area contributed by atoms with Crippen LogP contribution < -0.4 is 11.3 Å². The van der Waals surface area contributed by atoms with Gasteiger partial charge in [0.15, 0.2) is 0 Å². The van der Waals surface area contributed by atoms with Crippen LogP contribution in [0.3, 0.4) is 0 Å². The van der Waals surface area contributed by atoms with Crippen LogP contribution in [-0.4, -0.2) is 9.78 Å². The minimum Gasteiger partial charge on any atom is -0.322 e. The normalized spacial score (nSPS) is 12.0. The molecule has 0 saturated carbocycles. The Morgan fingerprint density at radius 3 is 2.33 bits per heavy atom. The van der Waals surface area contributed by atoms with E-state index in [-0.39, 0.29) is 18.5 Å². The van der Waals surface area contributed by atoms with E-state index in [0.29, 0.717) is 38.0 Å². The van der Waals surface area contributed by atoms with E-state index in [4.69, 9.17) is 28.9 Å². The van der Waals surface area contributed by atoms with Crippen LogP contribution in [0.4, 0.5) is 4.39 Å². The molecular formula is C26H22Cl2FN3O. The fraction of sp³-hybridized carbons (Fsp3) is 0.154. The lowest BCUT2D eigenvalue weighted by Gasteiger charge is -2.18. The van der Waals surface area contributed by atoms with Gasteiger partial charge in [-0.1, -0.05) is 77.8 Å². The Labute approximate surface area is 201 Å². The summed E-state index contributed by atoms with van der Waals surface area (Å²) in [4.78, 5) is 13.5. The summed E-state index contributed by atoms with van der Waals surface area (Å²) in [6.07, 6.45) is 0.121. The van der Waals surface area contributed by atoms with Crippen molar-refractivity contribution in [2.24, 2.45) is 5.73 Å². The number of aromatic nitrogens is 2. The quantitative estimate of drug-likeness (QED) is 0.369. The maximum atomic E-state index is 14.5. The van der Waals surface area contributed by atoms with Crippen molar-refractivity contribution in [3.05, 3.63) is 121 Å². The van der Waals surface area contributed by atoms with E-state index in [1.165, 1.54) is 10.7 Å². The van der Waals surface area contributed by atoms with Gasteiger partial charge in [0.1, 0.15) is 5.82 Å². The predicted molar refractivity (Wildman–Crippen MR) is 131 cm³/mol. The maximum Gasteiger partial charge on any atom is 0.275 e. The summed E-state index contributed by atoms with van der Waals surface area (Å²) in [5.41, 5.74) is 9.44. The summed E-state index contributed by atoms with van der Waals surface area (Å²) in [6.45, 7) is 1.94. The van der Waals surface area contributed by atoms with Gasteiger partial charge >= 0.3 is 0 Å². The van der Waals surface area contributed by atoms with Crippen LogP contribution in [0.1, 0.15) is 28.4 Å². The Morgan fingerprint density at radius 2 is 1.64 bits per heavy atom. The van der Waals surface area contributed by atoms with Crippen LogP contribution in [0.2, 0.25) is 10.0 Å². The second kappa shape index (κ2) is 9.87. The molecule has 1 unspecified atom stereocenters. The van der Waals surface area contributed by atoms with E-state index in [1.807, 2.05) is 36.4 Å². The van der Waals surface area contributed by atoms with Crippen LogP contribution in [0.5, 0.6) is 0 Å². The van der Waals surface area contributed by atoms with Crippen LogP contribution in [0.15, 0.2) is 77.6 Å². The molecule has 4 aromatic rings. The molecular weight excluding hydrogens is 460 g/mol. The van der Waals surface area contributed by atoms with E-state index >= 15 is 0 Å². The molecule has 0 bridgehead atoms. The molecule has 0 amide bonds. The second-order valence-electron chi connectivity index (χ2n) is 7.81. The zero-order chi connectivity index (χ0) is 23.5. The predicted octanol–water partition coefficient (Wildman–Crippen LogP) is 5.96. The summed E-state index contributed by atoms with van der Waals surface area (Å²) in [5.74, 6) is -0.429. The van der Waals surface area contributed by atoms with Crippen molar-refractivity contribution in [2.75, 3.05) is 0 Å². The third-order valence-corrected chi connectivity index (χ3v) is 6.33. The zero-order valence-electron chi connectivity index (χ0n) is 17.9. The molecule has 0 aliphatic carbocycles. The third-order valence-electron chi connectivity index (χ3n) is 5.64. The van der Waals surface area contributed by atoms with Gasteiger partial charge in [-0.05, 0) is 36.2 Å². The number of hydrogen-bond acceptors (Lipinski definition) is 3. The first-order chi connectivity index (χ1) is 15.9. The summed E-state index contributed by atoms with van der Waals surface area (Å²) < 4.78 is 15.9. The first-order valence-electron chi connectivity index (χ1n) is 10.5. The van der Waals surface area contributed by atoms with Crippen molar-refractivity contribution < 1.29 is 4.39 Å². The van der Waals surface area contributed by atoms with Crippen LogP contribution in [0.25, 0.3) is 11.1 Å². The summed E-state index contributed by atoms with van der Waals surface area (Å²) in [6, 6.07) is 20.7. The maximum absolute atomic E-state index is 14.5. The number of hydrogen-bond donors (Lipinski definition) is 1. The minimum atomic E-state index is -0.455.